The van der Waals surface area contributed by atoms with Crippen LogP contribution in [0.3, 0.4) is 0 Å². The molecule has 0 spiro atoms. The van der Waals surface area contributed by atoms with Crippen molar-refractivity contribution in [3.05, 3.63) is 156 Å². The van der Waals surface area contributed by atoms with Crippen molar-refractivity contribution in [1.29, 1.82) is 5.41 Å². The van der Waals surface area contributed by atoms with E-state index in [1.807, 2.05) is 6.08 Å². The summed E-state index contributed by atoms with van der Waals surface area (Å²) in [6, 6.07) is 52.6. The molecule has 0 aliphatic heterocycles. The topological polar surface area (TPSA) is 23.9 Å². The van der Waals surface area contributed by atoms with E-state index in [0.717, 1.165) is 10.3 Å². The fourth-order valence-electron chi connectivity index (χ4n) is 7.03. The van der Waals surface area contributed by atoms with Gasteiger partial charge in [0.05, 0.1) is 0 Å². The normalized spacial score (nSPS) is 12.3. The zero-order chi connectivity index (χ0) is 30.3. The summed E-state index contributed by atoms with van der Waals surface area (Å²) < 4.78 is 0. The van der Waals surface area contributed by atoms with Gasteiger partial charge in [-0.2, -0.15) is 0 Å². The molecule has 0 aliphatic rings. The van der Waals surface area contributed by atoms with Gasteiger partial charge in [0.25, 0.3) is 0 Å². The molecule has 0 aromatic heterocycles. The SMILES string of the molecule is C/B=c1/c(-c2ccc3cc(-c4ccc5ccccc5c4)ccc3c2)c2ccccc2c(-c2cccc3ccccc23)/c1=C/C=N. The molecule has 1 N–H and O–H groups in total. The summed E-state index contributed by atoms with van der Waals surface area (Å²) in [4.78, 5) is 0. The summed E-state index contributed by atoms with van der Waals surface area (Å²) >= 11 is 0. The molecule has 0 unspecified atom stereocenters. The van der Waals surface area contributed by atoms with Gasteiger partial charge in [-0.05, 0) is 0 Å². The Balaban J connectivity index is 1.36. The van der Waals surface area contributed by atoms with Crippen LogP contribution in [0.4, 0.5) is 0 Å². The molecule has 0 radical (unpaired) electrons. The third-order valence-electron chi connectivity index (χ3n) is 9.10. The molecule has 1 nitrogen and oxygen atoms in total. The monoisotopic (exact) mass is 571 g/mol. The summed E-state index contributed by atoms with van der Waals surface area (Å²) in [7, 11) is 0. The molecule has 8 rings (SSSR count). The van der Waals surface area contributed by atoms with E-state index in [1.54, 1.807) is 0 Å². The molecule has 0 fully saturated rings. The summed E-state index contributed by atoms with van der Waals surface area (Å²) in [5.41, 5.74) is 7.18. The van der Waals surface area contributed by atoms with Gasteiger partial charge in [-0.1, -0.05) is 18.2 Å². The van der Waals surface area contributed by atoms with Crippen LogP contribution in [-0.2, 0) is 0 Å². The number of hydrogen-bond acceptors (Lipinski definition) is 1. The Bertz CT molecular complexity index is 2570. The molecule has 8 aromatic carbocycles. The van der Waals surface area contributed by atoms with Crippen molar-refractivity contribution in [2.75, 3.05) is 0 Å². The van der Waals surface area contributed by atoms with Gasteiger partial charge in [0.15, 0.2) is 0 Å². The van der Waals surface area contributed by atoms with E-state index in [2.05, 4.69) is 159 Å². The van der Waals surface area contributed by atoms with Gasteiger partial charge in [0.1, 0.15) is 0 Å². The molecule has 0 bridgehead atoms. The fraction of sp³-hybridized carbons (Fsp3) is 0.0233. The zero-order valence-electron chi connectivity index (χ0n) is 25.1. The van der Waals surface area contributed by atoms with Crippen LogP contribution in [0.1, 0.15) is 0 Å². The average molecular weight is 572 g/mol. The number of hydrogen-bond donors (Lipinski definition) is 1. The first-order valence-corrected chi connectivity index (χ1v) is 15.5. The summed E-state index contributed by atoms with van der Waals surface area (Å²) in [6.07, 6.45) is 3.38. The van der Waals surface area contributed by atoms with Crippen LogP contribution in [0.25, 0.3) is 82.5 Å². The molecule has 210 valence electrons. The van der Waals surface area contributed by atoms with Gasteiger partial charge in [-0.15, -0.1) is 0 Å². The first-order valence-electron chi connectivity index (χ1n) is 15.5. The van der Waals surface area contributed by atoms with E-state index in [4.69, 9.17) is 5.41 Å². The van der Waals surface area contributed by atoms with Crippen molar-refractivity contribution in [3.8, 4) is 33.4 Å². The number of benzene rings is 8. The zero-order valence-corrected chi connectivity index (χ0v) is 25.1. The molecular formula is C43H30BN. The van der Waals surface area contributed by atoms with Crippen molar-refractivity contribution in [3.63, 3.8) is 0 Å². The standard InChI is InChI=1S/C43H30BN/c1-44-43-40(23-24-45)42(37-16-8-12-29-10-4-5-13-36(29)37)39-15-7-6-14-38(39)41(43)35-22-21-33-26-32(19-20-34(33)27-35)31-18-17-28-9-2-3-11-30(28)25-31/h2-27,45H,1H3/b40-23-,45-24?. The summed E-state index contributed by atoms with van der Waals surface area (Å²) in [6.45, 7) is 4.32. The van der Waals surface area contributed by atoms with Gasteiger partial charge >= 0.3 is 246 Å². The number of rotatable bonds is 4. The van der Waals surface area contributed by atoms with Gasteiger partial charge in [0.2, 0.25) is 0 Å². The van der Waals surface area contributed by atoms with E-state index >= 15 is 0 Å². The van der Waals surface area contributed by atoms with E-state index in [-0.39, 0.29) is 0 Å². The Kier molecular flexibility index (Phi) is 6.69. The molecule has 45 heavy (non-hydrogen) atoms. The van der Waals surface area contributed by atoms with Crippen LogP contribution in [0, 0.1) is 10.5 Å². The summed E-state index contributed by atoms with van der Waals surface area (Å²) in [5.74, 6) is 0. The first kappa shape index (κ1) is 27.0. The molecule has 8 aromatic rings. The Morgan fingerprint density at radius 2 is 0.978 bits per heavy atom. The molecule has 0 atom stereocenters. The quantitative estimate of drug-likeness (QED) is 0.161. The van der Waals surface area contributed by atoms with Crippen molar-refractivity contribution in [1.82, 2.24) is 0 Å². The molecule has 0 aliphatic carbocycles. The van der Waals surface area contributed by atoms with Crippen LogP contribution in [0.2, 0.25) is 6.82 Å². The van der Waals surface area contributed by atoms with Gasteiger partial charge in [-0.3, -0.25) is 0 Å². The number of nitrogens with one attached hydrogen (secondary N) is 1. The van der Waals surface area contributed by atoms with Crippen molar-refractivity contribution < 1.29 is 0 Å². The van der Waals surface area contributed by atoms with Crippen molar-refractivity contribution in [2.24, 2.45) is 0 Å². The Labute approximate surface area is 263 Å². The predicted octanol–water partition coefficient (Wildman–Crippen LogP) is 10.7. The predicted molar refractivity (Wildman–Crippen MR) is 196 cm³/mol. The van der Waals surface area contributed by atoms with E-state index < -0.39 is 0 Å². The Morgan fingerprint density at radius 3 is 1.67 bits per heavy atom. The Hall–Kier alpha value is -5.60. The van der Waals surface area contributed by atoms with Gasteiger partial charge in [-0.25, -0.2) is 0 Å². The molecule has 2 heteroatoms. The van der Waals surface area contributed by atoms with E-state index in [1.165, 1.54) is 82.7 Å². The molecular weight excluding hydrogens is 541 g/mol. The molecule has 0 heterocycles. The van der Waals surface area contributed by atoms with Gasteiger partial charge < -0.3 is 0 Å². The number of fused-ring (bicyclic) bond motifs is 4. The minimum absolute atomic E-state index is 1.07. The third-order valence-corrected chi connectivity index (χ3v) is 9.10. The first-order chi connectivity index (χ1) is 22.2. The van der Waals surface area contributed by atoms with Crippen LogP contribution in [0.5, 0.6) is 0 Å². The van der Waals surface area contributed by atoms with Crippen LogP contribution < -0.4 is 5.22 Å². The van der Waals surface area contributed by atoms with Crippen molar-refractivity contribution in [2.45, 2.75) is 6.82 Å². The molecule has 0 saturated heterocycles. The van der Waals surface area contributed by atoms with Crippen LogP contribution in [0.15, 0.2) is 146 Å². The maximum atomic E-state index is 8.17. The molecule has 0 saturated carbocycles. The summed E-state index contributed by atoms with van der Waals surface area (Å²) in [5, 5.41) is 20.1. The Morgan fingerprint density at radius 1 is 0.467 bits per heavy atom. The van der Waals surface area contributed by atoms with E-state index in [0.29, 0.717) is 0 Å². The second-order valence-corrected chi connectivity index (χ2v) is 11.6. The minimum atomic E-state index is 1.07. The maximum absolute atomic E-state index is 8.17. The van der Waals surface area contributed by atoms with E-state index in [9.17, 15) is 0 Å². The second kappa shape index (κ2) is 11.2. The average Bonchev–Trinajstić information content (AvgIpc) is 3.10. The van der Waals surface area contributed by atoms with Crippen LogP contribution in [-0.4, -0.2) is 13.1 Å². The van der Waals surface area contributed by atoms with Crippen molar-refractivity contribution >= 4 is 62.3 Å². The van der Waals surface area contributed by atoms with Gasteiger partial charge in [0, 0.05) is 0 Å². The second-order valence-electron chi connectivity index (χ2n) is 11.6. The fourth-order valence-corrected chi connectivity index (χ4v) is 7.03. The van der Waals surface area contributed by atoms with Crippen LogP contribution >= 0.6 is 0 Å². The molecule has 0 amide bonds. The third kappa shape index (κ3) is 4.58.